The third-order valence-electron chi connectivity index (χ3n) is 2.92. The van der Waals surface area contributed by atoms with E-state index in [9.17, 15) is 4.79 Å². The van der Waals surface area contributed by atoms with E-state index in [0.717, 1.165) is 26.3 Å². The first kappa shape index (κ1) is 16.4. The number of aromatic nitrogens is 1. The van der Waals surface area contributed by atoms with Crippen LogP contribution in [0, 0.1) is 10.5 Å². The first-order valence-electron chi connectivity index (χ1n) is 6.56. The average molecular weight is 417 g/mol. The van der Waals surface area contributed by atoms with E-state index in [1.165, 1.54) is 0 Å². The largest absolute Gasteiger partial charge is 0.478 e. The van der Waals surface area contributed by atoms with Crippen molar-refractivity contribution in [1.29, 1.82) is 0 Å². The maximum atomic E-state index is 11.2. The summed E-state index contributed by atoms with van der Waals surface area (Å²) in [5, 5.41) is 12.2. The van der Waals surface area contributed by atoms with Crippen LogP contribution in [-0.2, 0) is 17.8 Å². The molecule has 0 unspecified atom stereocenters. The predicted molar refractivity (Wildman–Crippen MR) is 90.9 cm³/mol. The molecule has 21 heavy (non-hydrogen) atoms. The molecule has 1 aromatic heterocycles. The summed E-state index contributed by atoms with van der Waals surface area (Å²) in [6.45, 7) is 3.09. The fourth-order valence-electron chi connectivity index (χ4n) is 1.97. The highest BCUT2D eigenvalue weighted by atomic mass is 127. The van der Waals surface area contributed by atoms with Crippen LogP contribution in [0.5, 0.6) is 0 Å². The minimum Gasteiger partial charge on any atom is -0.478 e. The van der Waals surface area contributed by atoms with Crippen molar-refractivity contribution < 1.29 is 14.6 Å². The topological polar surface area (TPSA) is 59.4 Å². The lowest BCUT2D eigenvalue weighted by atomic mass is 10.0. The van der Waals surface area contributed by atoms with Crippen molar-refractivity contribution in [3.8, 4) is 0 Å². The molecule has 6 heteroatoms. The van der Waals surface area contributed by atoms with Gasteiger partial charge in [-0.3, -0.25) is 0 Å². The molecule has 2 aromatic rings. The van der Waals surface area contributed by atoms with Crippen LogP contribution in [0.3, 0.4) is 0 Å². The summed E-state index contributed by atoms with van der Waals surface area (Å²) in [5.74, 6) is -0.874. The zero-order chi connectivity index (χ0) is 15.2. The van der Waals surface area contributed by atoms with Crippen LogP contribution < -0.4 is 0 Å². The molecule has 0 saturated heterocycles. The number of rotatable bonds is 7. The van der Waals surface area contributed by atoms with Crippen molar-refractivity contribution in [3.05, 3.63) is 49.0 Å². The highest BCUT2D eigenvalue weighted by Crippen LogP contribution is 2.16. The number of carboxylic acids is 1. The van der Waals surface area contributed by atoms with E-state index in [4.69, 9.17) is 9.84 Å². The minimum absolute atomic E-state index is 0.381. The van der Waals surface area contributed by atoms with Crippen molar-refractivity contribution in [2.24, 2.45) is 0 Å². The van der Waals surface area contributed by atoms with Crippen molar-refractivity contribution in [2.45, 2.75) is 26.4 Å². The third kappa shape index (κ3) is 5.05. The molecule has 1 N–H and O–H groups in total. The van der Waals surface area contributed by atoms with E-state index < -0.39 is 5.97 Å². The van der Waals surface area contributed by atoms with Crippen LogP contribution in [0.15, 0.2) is 23.6 Å². The monoisotopic (exact) mass is 417 g/mol. The maximum Gasteiger partial charge on any atom is 0.335 e. The molecule has 0 aliphatic rings. The van der Waals surface area contributed by atoms with Crippen molar-refractivity contribution in [3.63, 3.8) is 0 Å². The van der Waals surface area contributed by atoms with Gasteiger partial charge in [0.15, 0.2) is 0 Å². The molecule has 0 saturated carbocycles. The number of ether oxygens (including phenoxy) is 1. The van der Waals surface area contributed by atoms with Gasteiger partial charge >= 0.3 is 5.97 Å². The number of aromatic carboxylic acids is 1. The van der Waals surface area contributed by atoms with Gasteiger partial charge in [-0.1, -0.05) is 0 Å². The number of benzene rings is 1. The molecule has 0 spiro atoms. The molecule has 2 rings (SSSR count). The van der Waals surface area contributed by atoms with Gasteiger partial charge in [-0.15, -0.1) is 11.3 Å². The Labute approximate surface area is 141 Å². The highest BCUT2D eigenvalue weighted by Gasteiger charge is 2.10. The summed E-state index contributed by atoms with van der Waals surface area (Å²) in [7, 11) is 0. The molecule has 0 atom stereocenters. The fraction of sp³-hybridized carbons (Fsp3) is 0.333. The Morgan fingerprint density at radius 2 is 2.29 bits per heavy atom. The van der Waals surface area contributed by atoms with Gasteiger partial charge in [-0.2, -0.15) is 0 Å². The number of thiazole rings is 1. The second-order valence-corrected chi connectivity index (χ2v) is 6.83. The van der Waals surface area contributed by atoms with Crippen molar-refractivity contribution >= 4 is 39.9 Å². The molecule has 0 aliphatic carbocycles. The Morgan fingerprint density at radius 1 is 1.48 bits per heavy atom. The molecular formula is C15H16INO3S. The fourth-order valence-corrected chi connectivity index (χ4v) is 3.23. The summed E-state index contributed by atoms with van der Waals surface area (Å²) in [4.78, 5) is 15.5. The molecule has 0 bridgehead atoms. The van der Waals surface area contributed by atoms with E-state index >= 15 is 0 Å². The lowest BCUT2D eigenvalue weighted by Gasteiger charge is -2.07. The van der Waals surface area contributed by atoms with Crippen LogP contribution in [-0.4, -0.2) is 22.7 Å². The lowest BCUT2D eigenvalue weighted by molar-refractivity contribution is 0.0695. The van der Waals surface area contributed by atoms with Crippen LogP contribution in [0.4, 0.5) is 0 Å². The summed E-state index contributed by atoms with van der Waals surface area (Å²) >= 11 is 3.79. The molecule has 1 heterocycles. The van der Waals surface area contributed by atoms with Crippen LogP contribution in [0.25, 0.3) is 0 Å². The van der Waals surface area contributed by atoms with Crippen LogP contribution >= 0.6 is 33.9 Å². The average Bonchev–Trinajstić information content (AvgIpc) is 2.84. The van der Waals surface area contributed by atoms with Crippen LogP contribution in [0.1, 0.15) is 33.0 Å². The Balaban J connectivity index is 1.80. The minimum atomic E-state index is -0.874. The van der Waals surface area contributed by atoms with Gasteiger partial charge < -0.3 is 9.84 Å². The van der Waals surface area contributed by atoms with Gasteiger partial charge in [0.25, 0.3) is 0 Å². The van der Waals surface area contributed by atoms with E-state index in [0.29, 0.717) is 25.2 Å². The zero-order valence-electron chi connectivity index (χ0n) is 11.6. The Morgan fingerprint density at radius 3 is 2.95 bits per heavy atom. The molecule has 0 amide bonds. The highest BCUT2D eigenvalue weighted by molar-refractivity contribution is 14.1. The molecule has 1 aromatic carbocycles. The normalized spacial score (nSPS) is 10.8. The SMILES string of the molecule is Cc1csc(COCCCc2cc(I)ccc2C(=O)O)n1. The van der Waals surface area contributed by atoms with E-state index in [1.807, 2.05) is 24.4 Å². The van der Waals surface area contributed by atoms with Gasteiger partial charge in [-0.05, 0) is 66.1 Å². The summed E-state index contributed by atoms with van der Waals surface area (Å²) in [6, 6.07) is 5.40. The molecule has 0 fully saturated rings. The molecule has 4 nitrogen and oxygen atoms in total. The number of hydrogen-bond acceptors (Lipinski definition) is 4. The van der Waals surface area contributed by atoms with Gasteiger partial charge in [0, 0.05) is 21.3 Å². The van der Waals surface area contributed by atoms with E-state index in [1.54, 1.807) is 17.4 Å². The molecule has 0 radical (unpaired) electrons. The second kappa shape index (κ2) is 7.86. The standard InChI is InChI=1S/C15H16INO3S/c1-10-9-21-14(17-10)8-20-6-2-3-11-7-12(16)4-5-13(11)15(18)19/h4-5,7,9H,2-3,6,8H2,1H3,(H,18,19). The molecular weight excluding hydrogens is 401 g/mol. The number of halogens is 1. The summed E-state index contributed by atoms with van der Waals surface area (Å²) in [6.07, 6.45) is 1.50. The van der Waals surface area contributed by atoms with E-state index in [-0.39, 0.29) is 0 Å². The van der Waals surface area contributed by atoms with Crippen molar-refractivity contribution in [2.75, 3.05) is 6.61 Å². The zero-order valence-corrected chi connectivity index (χ0v) is 14.6. The van der Waals surface area contributed by atoms with E-state index in [2.05, 4.69) is 27.6 Å². The number of aryl methyl sites for hydroxylation is 2. The van der Waals surface area contributed by atoms with Gasteiger partial charge in [0.2, 0.25) is 0 Å². The maximum absolute atomic E-state index is 11.2. The number of carboxylic acid groups (broad SMARTS) is 1. The van der Waals surface area contributed by atoms with Gasteiger partial charge in [0.1, 0.15) is 5.01 Å². The summed E-state index contributed by atoms with van der Waals surface area (Å²) in [5.41, 5.74) is 2.26. The molecule has 112 valence electrons. The Hall–Kier alpha value is -0.990. The van der Waals surface area contributed by atoms with Crippen molar-refractivity contribution in [1.82, 2.24) is 4.98 Å². The first-order valence-corrected chi connectivity index (χ1v) is 8.52. The number of hydrogen-bond donors (Lipinski definition) is 1. The van der Waals surface area contributed by atoms with Gasteiger partial charge in [-0.25, -0.2) is 9.78 Å². The van der Waals surface area contributed by atoms with Crippen LogP contribution in [0.2, 0.25) is 0 Å². The Bertz CT molecular complexity index is 627. The Kier molecular flexibility index (Phi) is 6.13. The quantitative estimate of drug-likeness (QED) is 0.549. The van der Waals surface area contributed by atoms with Gasteiger partial charge in [0.05, 0.1) is 12.2 Å². The lowest BCUT2D eigenvalue weighted by Crippen LogP contribution is -2.04. The first-order chi connectivity index (χ1) is 10.1. The molecule has 0 aliphatic heterocycles. The number of nitrogens with zero attached hydrogens (tertiary/aromatic N) is 1. The second-order valence-electron chi connectivity index (χ2n) is 4.65. The third-order valence-corrected chi connectivity index (χ3v) is 4.54. The smallest absolute Gasteiger partial charge is 0.335 e. The number of carbonyl (C=O) groups is 1. The predicted octanol–water partition coefficient (Wildman–Crippen LogP) is 3.90. The summed E-state index contributed by atoms with van der Waals surface area (Å²) < 4.78 is 6.63.